The van der Waals surface area contributed by atoms with Gasteiger partial charge < -0.3 is 15.2 Å². The standard InChI is InChI=1S/C10H19NO4/c1-4-14-9(12)7(3)6-8(11)10(13)15-5-2/h7-8H,4-6,11H2,1-3H3/t7-,8+/m1/s1. The average molecular weight is 217 g/mol. The molecule has 0 spiro atoms. The number of hydrogen-bond donors (Lipinski definition) is 1. The molecule has 0 aromatic rings. The SMILES string of the molecule is CCOC(=O)[C@H](C)C[C@H](N)C(=O)OCC. The molecule has 0 radical (unpaired) electrons. The first-order chi connectivity index (χ1) is 7.02. The van der Waals surface area contributed by atoms with Crippen molar-refractivity contribution in [3.63, 3.8) is 0 Å². The quantitative estimate of drug-likeness (QED) is 0.654. The normalized spacial score (nSPS) is 14.1. The Morgan fingerprint density at radius 1 is 1.13 bits per heavy atom. The minimum atomic E-state index is -0.760. The van der Waals surface area contributed by atoms with Gasteiger partial charge in [0.25, 0.3) is 0 Å². The van der Waals surface area contributed by atoms with Gasteiger partial charge >= 0.3 is 11.9 Å². The van der Waals surface area contributed by atoms with Crippen LogP contribution in [-0.2, 0) is 19.1 Å². The molecule has 0 bridgehead atoms. The number of carbonyl (C=O) groups is 2. The number of esters is 2. The highest BCUT2D eigenvalue weighted by Crippen LogP contribution is 2.08. The summed E-state index contributed by atoms with van der Waals surface area (Å²) in [6.45, 7) is 5.74. The van der Waals surface area contributed by atoms with E-state index >= 15 is 0 Å². The van der Waals surface area contributed by atoms with Crippen LogP contribution in [0.15, 0.2) is 0 Å². The maximum atomic E-state index is 11.2. The molecule has 2 atom stereocenters. The third-order valence-corrected chi connectivity index (χ3v) is 1.89. The molecule has 0 aliphatic rings. The topological polar surface area (TPSA) is 78.6 Å². The third kappa shape index (κ3) is 5.37. The second kappa shape index (κ2) is 7.23. The van der Waals surface area contributed by atoms with E-state index in [1.807, 2.05) is 0 Å². The lowest BCUT2D eigenvalue weighted by molar-refractivity contribution is -0.149. The Labute approximate surface area is 89.9 Å². The zero-order valence-electron chi connectivity index (χ0n) is 9.49. The van der Waals surface area contributed by atoms with Crippen molar-refractivity contribution >= 4 is 11.9 Å². The smallest absolute Gasteiger partial charge is 0.322 e. The van der Waals surface area contributed by atoms with Gasteiger partial charge in [-0.3, -0.25) is 9.59 Å². The molecule has 2 N–H and O–H groups in total. The molecule has 0 rings (SSSR count). The summed E-state index contributed by atoms with van der Waals surface area (Å²) in [5.41, 5.74) is 5.56. The van der Waals surface area contributed by atoms with Crippen LogP contribution >= 0.6 is 0 Å². The van der Waals surface area contributed by atoms with Crippen molar-refractivity contribution in [2.75, 3.05) is 13.2 Å². The minimum absolute atomic E-state index is 0.248. The zero-order valence-corrected chi connectivity index (χ0v) is 9.49. The zero-order chi connectivity index (χ0) is 11.8. The molecule has 0 saturated carbocycles. The molecule has 0 aliphatic heterocycles. The maximum absolute atomic E-state index is 11.2. The van der Waals surface area contributed by atoms with Crippen molar-refractivity contribution in [2.45, 2.75) is 33.2 Å². The van der Waals surface area contributed by atoms with Crippen molar-refractivity contribution in [3.05, 3.63) is 0 Å². The number of nitrogens with two attached hydrogens (primary N) is 1. The monoisotopic (exact) mass is 217 g/mol. The molecule has 88 valence electrons. The summed E-state index contributed by atoms with van der Waals surface area (Å²) in [6.07, 6.45) is 0.248. The van der Waals surface area contributed by atoms with Crippen molar-refractivity contribution < 1.29 is 19.1 Å². The Kier molecular flexibility index (Phi) is 6.70. The van der Waals surface area contributed by atoms with E-state index in [9.17, 15) is 9.59 Å². The summed E-state index contributed by atoms with van der Waals surface area (Å²) in [5, 5.41) is 0. The molecule has 5 heteroatoms. The van der Waals surface area contributed by atoms with E-state index in [0.717, 1.165) is 0 Å². The molecule has 0 aliphatic carbocycles. The van der Waals surface area contributed by atoms with Gasteiger partial charge in [0.1, 0.15) is 6.04 Å². The lowest BCUT2D eigenvalue weighted by Gasteiger charge is -2.14. The highest BCUT2D eigenvalue weighted by molar-refractivity contribution is 5.77. The van der Waals surface area contributed by atoms with Gasteiger partial charge in [-0.05, 0) is 20.3 Å². The summed E-state index contributed by atoms with van der Waals surface area (Å²) in [6, 6.07) is -0.760. The van der Waals surface area contributed by atoms with Crippen LogP contribution in [0.5, 0.6) is 0 Å². The second-order valence-corrected chi connectivity index (χ2v) is 3.25. The Bertz CT molecular complexity index is 195. The molecule has 0 saturated heterocycles. The van der Waals surface area contributed by atoms with Gasteiger partial charge in [0, 0.05) is 0 Å². The fraction of sp³-hybridized carbons (Fsp3) is 0.800. The Morgan fingerprint density at radius 2 is 1.60 bits per heavy atom. The van der Waals surface area contributed by atoms with Crippen molar-refractivity contribution in [1.82, 2.24) is 0 Å². The van der Waals surface area contributed by atoms with Gasteiger partial charge in [-0.2, -0.15) is 0 Å². The van der Waals surface area contributed by atoms with E-state index < -0.39 is 12.0 Å². The van der Waals surface area contributed by atoms with Gasteiger partial charge in [0.05, 0.1) is 19.1 Å². The minimum Gasteiger partial charge on any atom is -0.466 e. The van der Waals surface area contributed by atoms with Crippen LogP contribution in [0.2, 0.25) is 0 Å². The maximum Gasteiger partial charge on any atom is 0.322 e. The molecule has 0 unspecified atom stereocenters. The highest BCUT2D eigenvalue weighted by atomic mass is 16.5. The molecule has 0 fully saturated rings. The van der Waals surface area contributed by atoms with Gasteiger partial charge in [-0.1, -0.05) is 6.92 Å². The summed E-state index contributed by atoms with van der Waals surface area (Å²) < 4.78 is 9.53. The van der Waals surface area contributed by atoms with Crippen LogP contribution in [0.3, 0.4) is 0 Å². The van der Waals surface area contributed by atoms with E-state index in [2.05, 4.69) is 0 Å². The summed E-state index contributed by atoms with van der Waals surface area (Å²) in [7, 11) is 0. The molecule has 15 heavy (non-hydrogen) atoms. The summed E-state index contributed by atoms with van der Waals surface area (Å²) in [5.74, 6) is -1.20. The first-order valence-corrected chi connectivity index (χ1v) is 5.11. The molecule has 0 heterocycles. The fourth-order valence-corrected chi connectivity index (χ4v) is 1.11. The Morgan fingerprint density at radius 3 is 2.07 bits per heavy atom. The summed E-state index contributed by atoms with van der Waals surface area (Å²) >= 11 is 0. The number of hydrogen-bond acceptors (Lipinski definition) is 5. The van der Waals surface area contributed by atoms with Crippen molar-refractivity contribution in [3.8, 4) is 0 Å². The number of ether oxygens (including phenoxy) is 2. The van der Waals surface area contributed by atoms with Crippen LogP contribution in [0.25, 0.3) is 0 Å². The van der Waals surface area contributed by atoms with Crippen LogP contribution in [-0.4, -0.2) is 31.2 Å². The summed E-state index contributed by atoms with van der Waals surface area (Å²) in [4.78, 5) is 22.4. The average Bonchev–Trinajstić information content (AvgIpc) is 2.18. The van der Waals surface area contributed by atoms with E-state index in [0.29, 0.717) is 13.2 Å². The van der Waals surface area contributed by atoms with Gasteiger partial charge in [-0.15, -0.1) is 0 Å². The van der Waals surface area contributed by atoms with Gasteiger partial charge in [0.15, 0.2) is 0 Å². The van der Waals surface area contributed by atoms with Crippen LogP contribution < -0.4 is 5.73 Å². The lowest BCUT2D eigenvalue weighted by atomic mass is 10.0. The van der Waals surface area contributed by atoms with Crippen LogP contribution in [0.4, 0.5) is 0 Å². The first kappa shape index (κ1) is 13.9. The molecular weight excluding hydrogens is 198 g/mol. The van der Waals surface area contributed by atoms with E-state index in [4.69, 9.17) is 15.2 Å². The van der Waals surface area contributed by atoms with E-state index in [1.165, 1.54) is 0 Å². The number of carbonyl (C=O) groups excluding carboxylic acids is 2. The van der Waals surface area contributed by atoms with Gasteiger partial charge in [-0.25, -0.2) is 0 Å². The molecule has 0 amide bonds. The van der Waals surface area contributed by atoms with Crippen molar-refractivity contribution in [2.24, 2.45) is 11.7 Å². The van der Waals surface area contributed by atoms with Gasteiger partial charge in [0.2, 0.25) is 0 Å². The number of rotatable bonds is 6. The van der Waals surface area contributed by atoms with Crippen molar-refractivity contribution in [1.29, 1.82) is 0 Å². The second-order valence-electron chi connectivity index (χ2n) is 3.25. The molecule has 0 aromatic carbocycles. The highest BCUT2D eigenvalue weighted by Gasteiger charge is 2.22. The Balaban J connectivity index is 3.99. The fourth-order valence-electron chi connectivity index (χ4n) is 1.11. The third-order valence-electron chi connectivity index (χ3n) is 1.89. The van der Waals surface area contributed by atoms with Crippen LogP contribution in [0.1, 0.15) is 27.2 Å². The predicted molar refractivity (Wildman–Crippen MR) is 55.0 cm³/mol. The van der Waals surface area contributed by atoms with E-state index in [-0.39, 0.29) is 18.3 Å². The first-order valence-electron chi connectivity index (χ1n) is 5.11. The molecular formula is C10H19NO4. The largest absolute Gasteiger partial charge is 0.466 e. The van der Waals surface area contributed by atoms with Crippen LogP contribution in [0, 0.1) is 5.92 Å². The molecule has 0 aromatic heterocycles. The van der Waals surface area contributed by atoms with E-state index in [1.54, 1.807) is 20.8 Å². The lowest BCUT2D eigenvalue weighted by Crippen LogP contribution is -2.35. The Hall–Kier alpha value is -1.10. The predicted octanol–water partition coefficient (Wildman–Crippen LogP) is 0.466. The molecule has 5 nitrogen and oxygen atoms in total.